The van der Waals surface area contributed by atoms with Gasteiger partial charge in [-0.15, -0.1) is 0 Å². The van der Waals surface area contributed by atoms with Gasteiger partial charge in [0.2, 0.25) is 0 Å². The summed E-state index contributed by atoms with van der Waals surface area (Å²) in [6, 6.07) is 0. The van der Waals surface area contributed by atoms with Gasteiger partial charge in [-0.3, -0.25) is 14.4 Å². The summed E-state index contributed by atoms with van der Waals surface area (Å²) in [5, 5.41) is 0. The summed E-state index contributed by atoms with van der Waals surface area (Å²) >= 11 is 0. The first-order valence-electron chi connectivity index (χ1n) is 24.4. The van der Waals surface area contributed by atoms with Crippen molar-refractivity contribution in [1.82, 2.24) is 0 Å². The van der Waals surface area contributed by atoms with E-state index in [0.717, 1.165) is 63.7 Å². The molecule has 0 N–H and O–H groups in total. The lowest BCUT2D eigenvalue weighted by Crippen LogP contribution is -2.30. The Morgan fingerprint density at radius 3 is 0.945 bits per heavy atom. The van der Waals surface area contributed by atoms with E-state index < -0.39 is 6.10 Å². The molecule has 6 nitrogen and oxygen atoms in total. The van der Waals surface area contributed by atoms with Crippen molar-refractivity contribution in [1.29, 1.82) is 0 Å². The second-order valence-electron chi connectivity index (χ2n) is 17.0. The maximum absolute atomic E-state index is 12.7. The summed E-state index contributed by atoms with van der Waals surface area (Å²) < 4.78 is 16.8. The summed E-state index contributed by atoms with van der Waals surface area (Å²) in [5.41, 5.74) is 0. The van der Waals surface area contributed by atoms with E-state index in [1.165, 1.54) is 167 Å². The van der Waals surface area contributed by atoms with Gasteiger partial charge in [0, 0.05) is 19.3 Å². The zero-order valence-electron chi connectivity index (χ0n) is 37.4. The smallest absolute Gasteiger partial charge is 0.306 e. The average molecular weight is 779 g/mol. The Morgan fingerprint density at radius 2 is 0.636 bits per heavy atom. The lowest BCUT2D eigenvalue weighted by Gasteiger charge is -2.18. The Hall–Kier alpha value is -1.59. The Morgan fingerprint density at radius 1 is 0.364 bits per heavy atom. The number of esters is 3. The van der Waals surface area contributed by atoms with Crippen LogP contribution in [0.1, 0.15) is 272 Å². The zero-order valence-corrected chi connectivity index (χ0v) is 37.4. The number of ether oxygens (including phenoxy) is 3. The first kappa shape index (κ1) is 53.4. The molecule has 0 bridgehead atoms. The molecule has 0 fully saturated rings. The largest absolute Gasteiger partial charge is 0.462 e. The Labute approximate surface area is 342 Å². The van der Waals surface area contributed by atoms with E-state index in [1.807, 2.05) is 0 Å². The van der Waals surface area contributed by atoms with Crippen molar-refractivity contribution in [2.75, 3.05) is 13.2 Å². The monoisotopic (exact) mass is 779 g/mol. The van der Waals surface area contributed by atoms with Crippen LogP contribution in [-0.4, -0.2) is 37.2 Å². The van der Waals surface area contributed by atoms with Gasteiger partial charge in [-0.05, 0) is 25.2 Å². The predicted molar refractivity (Wildman–Crippen MR) is 233 cm³/mol. The maximum atomic E-state index is 12.7. The maximum Gasteiger partial charge on any atom is 0.306 e. The number of carbonyl (C=O) groups excluding carboxylic acids is 3. The molecule has 0 saturated heterocycles. The number of rotatable bonds is 44. The lowest BCUT2D eigenvalue weighted by molar-refractivity contribution is -0.167. The van der Waals surface area contributed by atoms with Crippen LogP contribution in [0.2, 0.25) is 0 Å². The highest BCUT2D eigenvalue weighted by Gasteiger charge is 2.19. The first-order chi connectivity index (χ1) is 26.9. The van der Waals surface area contributed by atoms with E-state index in [-0.39, 0.29) is 31.1 Å². The zero-order chi connectivity index (χ0) is 40.3. The Balaban J connectivity index is 4.32. The molecule has 6 heteroatoms. The van der Waals surface area contributed by atoms with Crippen LogP contribution >= 0.6 is 0 Å². The van der Waals surface area contributed by atoms with Gasteiger partial charge < -0.3 is 14.2 Å². The Kier molecular flexibility index (Phi) is 42.3. The molecule has 0 rings (SSSR count). The van der Waals surface area contributed by atoms with Crippen molar-refractivity contribution in [2.24, 2.45) is 5.92 Å². The number of carbonyl (C=O) groups is 3. The van der Waals surface area contributed by atoms with Crippen LogP contribution in [0.5, 0.6) is 0 Å². The molecule has 0 aliphatic heterocycles. The third-order valence-corrected chi connectivity index (χ3v) is 11.4. The minimum absolute atomic E-state index is 0.0634. The van der Waals surface area contributed by atoms with E-state index in [9.17, 15) is 14.4 Å². The van der Waals surface area contributed by atoms with Gasteiger partial charge in [0.25, 0.3) is 0 Å². The van der Waals surface area contributed by atoms with Crippen molar-refractivity contribution in [3.63, 3.8) is 0 Å². The fourth-order valence-electron chi connectivity index (χ4n) is 7.30. The second kappa shape index (κ2) is 43.5. The van der Waals surface area contributed by atoms with Crippen LogP contribution in [0.15, 0.2) is 0 Å². The summed E-state index contributed by atoms with van der Waals surface area (Å²) in [6.45, 7) is 9.02. The predicted octanol–water partition coefficient (Wildman–Crippen LogP) is 15.5. The molecule has 0 heterocycles. The molecule has 0 aromatic carbocycles. The lowest BCUT2D eigenvalue weighted by atomic mass is 9.99. The molecule has 0 amide bonds. The fraction of sp³-hybridized carbons (Fsp3) is 0.939. The molecule has 0 aromatic rings. The molecule has 0 aliphatic carbocycles. The van der Waals surface area contributed by atoms with E-state index in [1.54, 1.807) is 0 Å². The number of hydrogen-bond acceptors (Lipinski definition) is 6. The van der Waals surface area contributed by atoms with Gasteiger partial charge in [-0.2, -0.15) is 0 Å². The number of unbranched alkanes of at least 4 members (excludes halogenated alkanes) is 30. The molecular weight excluding hydrogens is 685 g/mol. The highest BCUT2D eigenvalue weighted by atomic mass is 16.6. The first-order valence-corrected chi connectivity index (χ1v) is 24.4. The minimum Gasteiger partial charge on any atom is -0.462 e. The highest BCUT2D eigenvalue weighted by Crippen LogP contribution is 2.17. The molecule has 55 heavy (non-hydrogen) atoms. The van der Waals surface area contributed by atoms with Crippen LogP contribution < -0.4 is 0 Å². The fourth-order valence-corrected chi connectivity index (χ4v) is 7.30. The summed E-state index contributed by atoms with van der Waals surface area (Å²) in [7, 11) is 0. The normalized spacial score (nSPS) is 12.4. The van der Waals surface area contributed by atoms with Gasteiger partial charge in [-0.1, -0.05) is 233 Å². The molecule has 0 aliphatic rings. The Bertz CT molecular complexity index is 828. The molecule has 2 atom stereocenters. The van der Waals surface area contributed by atoms with E-state index in [2.05, 4.69) is 27.7 Å². The van der Waals surface area contributed by atoms with E-state index in [0.29, 0.717) is 19.3 Å². The van der Waals surface area contributed by atoms with Crippen molar-refractivity contribution < 1.29 is 28.6 Å². The van der Waals surface area contributed by atoms with Gasteiger partial charge in [0.15, 0.2) is 6.10 Å². The van der Waals surface area contributed by atoms with Crippen LogP contribution in [0.3, 0.4) is 0 Å². The van der Waals surface area contributed by atoms with Gasteiger partial charge in [-0.25, -0.2) is 0 Å². The van der Waals surface area contributed by atoms with Gasteiger partial charge in [0.05, 0.1) is 0 Å². The molecule has 326 valence electrons. The second-order valence-corrected chi connectivity index (χ2v) is 17.0. The van der Waals surface area contributed by atoms with Crippen LogP contribution in [-0.2, 0) is 28.6 Å². The van der Waals surface area contributed by atoms with Crippen LogP contribution in [0.25, 0.3) is 0 Å². The minimum atomic E-state index is -0.759. The molecule has 0 aromatic heterocycles. The standard InChI is InChI=1S/C49H94O6/c1-5-8-10-12-14-16-18-19-20-26-30-34-38-42-49(52)55-46(43-53-47(50)40-36-32-28-24-17-15-13-11-9-6-2)44-54-48(51)41-37-33-29-25-22-21-23-27-31-35-39-45(4)7-3/h45-46H,5-44H2,1-4H3/t45?,46-/m0/s1. The van der Waals surface area contributed by atoms with Gasteiger partial charge >= 0.3 is 17.9 Å². The molecular formula is C49H94O6. The van der Waals surface area contributed by atoms with Crippen LogP contribution in [0, 0.1) is 5.92 Å². The molecule has 1 unspecified atom stereocenters. The molecule has 0 radical (unpaired) electrons. The van der Waals surface area contributed by atoms with E-state index >= 15 is 0 Å². The molecule has 0 saturated carbocycles. The quantitative estimate of drug-likeness (QED) is 0.0348. The van der Waals surface area contributed by atoms with Crippen molar-refractivity contribution >= 4 is 17.9 Å². The summed E-state index contributed by atoms with van der Waals surface area (Å²) in [5.74, 6) is 0.0196. The van der Waals surface area contributed by atoms with E-state index in [4.69, 9.17) is 14.2 Å². The number of hydrogen-bond donors (Lipinski definition) is 0. The highest BCUT2D eigenvalue weighted by molar-refractivity contribution is 5.71. The van der Waals surface area contributed by atoms with Crippen molar-refractivity contribution in [2.45, 2.75) is 278 Å². The summed E-state index contributed by atoms with van der Waals surface area (Å²) in [4.78, 5) is 37.8. The van der Waals surface area contributed by atoms with Crippen molar-refractivity contribution in [3.05, 3.63) is 0 Å². The average Bonchev–Trinajstić information content (AvgIpc) is 3.18. The third-order valence-electron chi connectivity index (χ3n) is 11.4. The van der Waals surface area contributed by atoms with Gasteiger partial charge in [0.1, 0.15) is 13.2 Å². The molecule has 0 spiro atoms. The third kappa shape index (κ3) is 41.9. The summed E-state index contributed by atoms with van der Waals surface area (Å²) in [6.07, 6.45) is 43.6. The SMILES string of the molecule is CCCCCCCCCCCCCCCC(=O)O[C@@H](COC(=O)CCCCCCCCCCCC)COC(=O)CCCCCCCCCCCCC(C)CC. The topological polar surface area (TPSA) is 78.9 Å². The van der Waals surface area contributed by atoms with Crippen molar-refractivity contribution in [3.8, 4) is 0 Å². The van der Waals surface area contributed by atoms with Crippen LogP contribution in [0.4, 0.5) is 0 Å².